The van der Waals surface area contributed by atoms with Crippen LogP contribution in [0.2, 0.25) is 0 Å². The third kappa shape index (κ3) is 6.37. The lowest BCUT2D eigenvalue weighted by Gasteiger charge is -2.13. The molecule has 1 fully saturated rings. The van der Waals surface area contributed by atoms with Crippen LogP contribution >= 0.6 is 0 Å². The van der Waals surface area contributed by atoms with Crippen LogP contribution in [0.4, 0.5) is 10.6 Å². The van der Waals surface area contributed by atoms with Gasteiger partial charge in [-0.15, -0.1) is 0 Å². The normalized spacial score (nSPS) is 19.7. The Bertz CT molecular complexity index is 635. The van der Waals surface area contributed by atoms with Crippen molar-refractivity contribution in [3.63, 3.8) is 0 Å². The Kier molecular flexibility index (Phi) is 7.98. The highest BCUT2D eigenvalue weighted by molar-refractivity contribution is 5.83. The van der Waals surface area contributed by atoms with E-state index in [1.54, 1.807) is 0 Å². The molecule has 1 aromatic rings. The van der Waals surface area contributed by atoms with Crippen molar-refractivity contribution < 1.29 is 24.1 Å². The van der Waals surface area contributed by atoms with E-state index < -0.39 is 24.3 Å². The van der Waals surface area contributed by atoms with E-state index in [4.69, 9.17) is 19.3 Å². The number of carbonyl (C=O) groups is 1. The zero-order chi connectivity index (χ0) is 18.9. The first-order valence-electron chi connectivity index (χ1n) is 8.55. The van der Waals surface area contributed by atoms with Gasteiger partial charge in [0.2, 0.25) is 0 Å². The molecule has 10 nitrogen and oxygen atoms in total. The van der Waals surface area contributed by atoms with Gasteiger partial charge >= 0.3 is 11.8 Å². The summed E-state index contributed by atoms with van der Waals surface area (Å²) in [4.78, 5) is 29.7. The first-order valence-corrected chi connectivity index (χ1v) is 8.55. The molecule has 26 heavy (non-hydrogen) atoms. The van der Waals surface area contributed by atoms with Crippen LogP contribution in [-0.4, -0.2) is 72.4 Å². The molecule has 1 aliphatic rings. The number of amides is 1. The minimum Gasteiger partial charge on any atom is -0.449 e. The molecule has 1 saturated heterocycles. The minimum absolute atomic E-state index is 0.0986. The molecule has 2 N–H and O–H groups in total. The van der Waals surface area contributed by atoms with Crippen LogP contribution in [0.1, 0.15) is 25.5 Å². The fourth-order valence-corrected chi connectivity index (χ4v) is 2.40. The molecule has 1 aromatic heterocycles. The SMILES string of the molecule is CN(C)CCCCCOC(=O)Nc1ccn([C@@H]2CO[C@H](CO)O2)c(=O)n1. The van der Waals surface area contributed by atoms with Crippen LogP contribution in [0.25, 0.3) is 0 Å². The summed E-state index contributed by atoms with van der Waals surface area (Å²) in [6, 6.07) is 1.47. The molecule has 0 radical (unpaired) electrons. The molecular weight excluding hydrogens is 344 g/mol. The Morgan fingerprint density at radius 2 is 2.27 bits per heavy atom. The first-order chi connectivity index (χ1) is 12.5. The number of aromatic nitrogens is 2. The van der Waals surface area contributed by atoms with E-state index in [-0.39, 0.29) is 19.0 Å². The van der Waals surface area contributed by atoms with Crippen LogP contribution in [0.3, 0.4) is 0 Å². The zero-order valence-electron chi connectivity index (χ0n) is 15.1. The molecule has 0 saturated carbocycles. The summed E-state index contributed by atoms with van der Waals surface area (Å²) in [6.07, 6.45) is 2.18. The monoisotopic (exact) mass is 370 g/mol. The van der Waals surface area contributed by atoms with Gasteiger partial charge < -0.3 is 24.2 Å². The van der Waals surface area contributed by atoms with Crippen molar-refractivity contribution in [2.75, 3.05) is 45.8 Å². The summed E-state index contributed by atoms with van der Waals surface area (Å²) in [5.74, 6) is 0.0986. The Morgan fingerprint density at radius 3 is 2.92 bits per heavy atom. The molecule has 10 heteroatoms. The van der Waals surface area contributed by atoms with E-state index in [0.717, 1.165) is 25.8 Å². The van der Waals surface area contributed by atoms with Gasteiger partial charge in [-0.3, -0.25) is 9.88 Å². The highest BCUT2D eigenvalue weighted by atomic mass is 16.7. The number of rotatable bonds is 9. The van der Waals surface area contributed by atoms with Crippen molar-refractivity contribution in [3.8, 4) is 0 Å². The number of unbranched alkanes of at least 4 members (excludes halogenated alkanes) is 2. The zero-order valence-corrected chi connectivity index (χ0v) is 15.1. The molecular formula is C16H26N4O6. The second-order valence-electron chi connectivity index (χ2n) is 6.16. The lowest BCUT2D eigenvalue weighted by molar-refractivity contribution is -0.0992. The smallest absolute Gasteiger partial charge is 0.412 e. The molecule has 2 rings (SSSR count). The predicted octanol–water partition coefficient (Wildman–Crippen LogP) is 0.388. The van der Waals surface area contributed by atoms with Crippen LogP contribution in [0, 0.1) is 0 Å². The van der Waals surface area contributed by atoms with Crippen LogP contribution in [0.15, 0.2) is 17.1 Å². The summed E-state index contributed by atoms with van der Waals surface area (Å²) >= 11 is 0. The summed E-state index contributed by atoms with van der Waals surface area (Å²) in [7, 11) is 4.03. The van der Waals surface area contributed by atoms with Crippen molar-refractivity contribution in [2.24, 2.45) is 0 Å². The molecule has 0 aromatic carbocycles. The van der Waals surface area contributed by atoms with Gasteiger partial charge in [-0.2, -0.15) is 4.98 Å². The van der Waals surface area contributed by atoms with Crippen LogP contribution in [-0.2, 0) is 14.2 Å². The van der Waals surface area contributed by atoms with E-state index in [2.05, 4.69) is 15.2 Å². The standard InChI is InChI=1S/C16H26N4O6/c1-19(2)7-4-3-5-9-24-16(23)18-12-6-8-20(15(22)17-12)13-11-25-14(10-21)26-13/h6,8,13-14,21H,3-5,7,9-11H2,1-2H3,(H,17,18,22,23)/t13-,14-/m0/s1. The Morgan fingerprint density at radius 1 is 1.46 bits per heavy atom. The first kappa shape index (κ1) is 20.3. The Labute approximate surface area is 151 Å². The minimum atomic E-state index is -0.752. The van der Waals surface area contributed by atoms with Crippen molar-refractivity contribution in [1.29, 1.82) is 0 Å². The van der Waals surface area contributed by atoms with Gasteiger partial charge in [-0.1, -0.05) is 0 Å². The molecule has 0 unspecified atom stereocenters. The largest absolute Gasteiger partial charge is 0.449 e. The van der Waals surface area contributed by atoms with Gasteiger partial charge in [0, 0.05) is 6.20 Å². The molecule has 1 amide bonds. The molecule has 0 aliphatic carbocycles. The predicted molar refractivity (Wildman–Crippen MR) is 92.8 cm³/mol. The van der Waals surface area contributed by atoms with E-state index >= 15 is 0 Å². The number of aliphatic hydroxyl groups excluding tert-OH is 1. The summed E-state index contributed by atoms with van der Waals surface area (Å²) in [5, 5.41) is 11.4. The number of aliphatic hydroxyl groups is 1. The highest BCUT2D eigenvalue weighted by Gasteiger charge is 2.27. The highest BCUT2D eigenvalue weighted by Crippen LogP contribution is 2.19. The van der Waals surface area contributed by atoms with Gasteiger partial charge in [0.25, 0.3) is 0 Å². The molecule has 146 valence electrons. The Hall–Kier alpha value is -2.01. The number of hydrogen-bond donors (Lipinski definition) is 2. The van der Waals surface area contributed by atoms with E-state index in [0.29, 0.717) is 6.61 Å². The quantitative estimate of drug-likeness (QED) is 0.600. The fourth-order valence-electron chi connectivity index (χ4n) is 2.40. The van der Waals surface area contributed by atoms with E-state index in [9.17, 15) is 9.59 Å². The number of carbonyl (C=O) groups excluding carboxylic acids is 1. The molecule has 2 atom stereocenters. The molecule has 2 heterocycles. The molecule has 0 bridgehead atoms. The van der Waals surface area contributed by atoms with Crippen molar-refractivity contribution in [2.45, 2.75) is 31.8 Å². The van der Waals surface area contributed by atoms with Gasteiger partial charge in [0.15, 0.2) is 12.5 Å². The maximum Gasteiger partial charge on any atom is 0.412 e. The number of hydrogen-bond acceptors (Lipinski definition) is 8. The number of ether oxygens (including phenoxy) is 3. The van der Waals surface area contributed by atoms with E-state index in [1.807, 2.05) is 14.1 Å². The maximum atomic E-state index is 12.0. The van der Waals surface area contributed by atoms with Gasteiger partial charge in [-0.25, -0.2) is 9.59 Å². The topological polar surface area (TPSA) is 115 Å². The van der Waals surface area contributed by atoms with Gasteiger partial charge in [-0.05, 0) is 46.0 Å². The summed E-state index contributed by atoms with van der Waals surface area (Å²) < 4.78 is 16.8. The number of nitrogens with one attached hydrogen (secondary N) is 1. The number of anilines is 1. The fraction of sp³-hybridized carbons (Fsp3) is 0.688. The van der Waals surface area contributed by atoms with Crippen molar-refractivity contribution in [1.82, 2.24) is 14.5 Å². The average molecular weight is 370 g/mol. The maximum absolute atomic E-state index is 12.0. The third-order valence-electron chi connectivity index (χ3n) is 3.74. The van der Waals surface area contributed by atoms with Gasteiger partial charge in [0.05, 0.1) is 19.8 Å². The lowest BCUT2D eigenvalue weighted by Crippen LogP contribution is -2.29. The summed E-state index contributed by atoms with van der Waals surface area (Å²) in [5.41, 5.74) is -0.598. The lowest BCUT2D eigenvalue weighted by atomic mass is 10.2. The molecule has 0 spiro atoms. The second-order valence-corrected chi connectivity index (χ2v) is 6.16. The van der Waals surface area contributed by atoms with Crippen LogP contribution in [0.5, 0.6) is 0 Å². The number of nitrogens with zero attached hydrogens (tertiary/aromatic N) is 3. The Balaban J connectivity index is 1.75. The second kappa shape index (κ2) is 10.2. The summed E-state index contributed by atoms with van der Waals surface area (Å²) in [6.45, 7) is 1.15. The molecule has 1 aliphatic heterocycles. The third-order valence-corrected chi connectivity index (χ3v) is 3.74. The van der Waals surface area contributed by atoms with Crippen molar-refractivity contribution in [3.05, 3.63) is 22.7 Å². The van der Waals surface area contributed by atoms with E-state index in [1.165, 1.54) is 16.8 Å². The average Bonchev–Trinajstić information content (AvgIpc) is 3.06. The van der Waals surface area contributed by atoms with Gasteiger partial charge in [0.1, 0.15) is 5.82 Å². The van der Waals surface area contributed by atoms with Crippen molar-refractivity contribution >= 4 is 11.9 Å². The van der Waals surface area contributed by atoms with Crippen LogP contribution < -0.4 is 11.0 Å².